The molecule has 20 heavy (non-hydrogen) atoms. The van der Waals surface area contributed by atoms with E-state index in [0.717, 1.165) is 12.1 Å². The van der Waals surface area contributed by atoms with Crippen LogP contribution < -0.4 is 10.6 Å². The SMILES string of the molecule is CCCCc1ccc(NC(=O)CCNC(C)(C)C)cc1. The second kappa shape index (κ2) is 8.05. The van der Waals surface area contributed by atoms with Gasteiger partial charge < -0.3 is 10.6 Å². The van der Waals surface area contributed by atoms with E-state index in [0.29, 0.717) is 13.0 Å². The number of nitrogens with one attached hydrogen (secondary N) is 2. The zero-order valence-corrected chi connectivity index (χ0v) is 13.3. The molecule has 0 aliphatic carbocycles. The van der Waals surface area contributed by atoms with Gasteiger partial charge in [0, 0.05) is 24.2 Å². The van der Waals surface area contributed by atoms with Gasteiger partial charge in [0.2, 0.25) is 5.91 Å². The standard InChI is InChI=1S/C17H28N2O/c1-5-6-7-14-8-10-15(11-9-14)19-16(20)12-13-18-17(2,3)4/h8-11,18H,5-7,12-13H2,1-4H3,(H,19,20). The first-order valence-electron chi connectivity index (χ1n) is 7.54. The Hall–Kier alpha value is -1.35. The van der Waals surface area contributed by atoms with Crippen LogP contribution in [0.25, 0.3) is 0 Å². The van der Waals surface area contributed by atoms with Gasteiger partial charge in [-0.2, -0.15) is 0 Å². The highest BCUT2D eigenvalue weighted by Gasteiger charge is 2.09. The molecule has 0 aliphatic rings. The van der Waals surface area contributed by atoms with Crippen LogP contribution in [0, 0.1) is 0 Å². The van der Waals surface area contributed by atoms with Crippen molar-refractivity contribution in [2.75, 3.05) is 11.9 Å². The smallest absolute Gasteiger partial charge is 0.225 e. The summed E-state index contributed by atoms with van der Waals surface area (Å²) in [4.78, 5) is 11.8. The molecule has 0 bridgehead atoms. The van der Waals surface area contributed by atoms with Gasteiger partial charge >= 0.3 is 0 Å². The summed E-state index contributed by atoms with van der Waals surface area (Å²) >= 11 is 0. The molecule has 3 nitrogen and oxygen atoms in total. The van der Waals surface area contributed by atoms with Crippen LogP contribution >= 0.6 is 0 Å². The minimum absolute atomic E-state index is 0.0568. The summed E-state index contributed by atoms with van der Waals surface area (Å²) in [6, 6.07) is 8.16. The van der Waals surface area contributed by atoms with Gasteiger partial charge in [0.1, 0.15) is 0 Å². The summed E-state index contributed by atoms with van der Waals surface area (Å²) in [5, 5.41) is 6.24. The molecule has 0 atom stereocenters. The lowest BCUT2D eigenvalue weighted by Crippen LogP contribution is -2.37. The molecule has 3 heteroatoms. The van der Waals surface area contributed by atoms with Crippen LogP contribution in [-0.2, 0) is 11.2 Å². The molecule has 0 unspecified atom stereocenters. The molecule has 1 amide bonds. The molecule has 1 rings (SSSR count). The number of benzene rings is 1. The molecule has 0 fully saturated rings. The van der Waals surface area contributed by atoms with Crippen LogP contribution in [0.2, 0.25) is 0 Å². The van der Waals surface area contributed by atoms with Crippen molar-refractivity contribution >= 4 is 11.6 Å². The molecule has 0 spiro atoms. The van der Waals surface area contributed by atoms with E-state index >= 15 is 0 Å². The summed E-state index contributed by atoms with van der Waals surface area (Å²) in [7, 11) is 0. The summed E-state index contributed by atoms with van der Waals surface area (Å²) in [6.07, 6.45) is 4.03. The molecule has 0 saturated heterocycles. The van der Waals surface area contributed by atoms with Crippen molar-refractivity contribution in [3.8, 4) is 0 Å². The third kappa shape index (κ3) is 7.29. The summed E-state index contributed by atoms with van der Waals surface area (Å²) in [5.41, 5.74) is 2.27. The molecule has 1 aromatic rings. The Morgan fingerprint density at radius 2 is 1.80 bits per heavy atom. The van der Waals surface area contributed by atoms with Gasteiger partial charge in [-0.1, -0.05) is 25.5 Å². The Balaban J connectivity index is 2.34. The lowest BCUT2D eigenvalue weighted by Gasteiger charge is -2.20. The van der Waals surface area contributed by atoms with E-state index < -0.39 is 0 Å². The van der Waals surface area contributed by atoms with Gasteiger partial charge in [0.05, 0.1) is 0 Å². The number of unbranched alkanes of at least 4 members (excludes halogenated alkanes) is 1. The molecular formula is C17H28N2O. The van der Waals surface area contributed by atoms with Crippen LogP contribution in [0.5, 0.6) is 0 Å². The Labute approximate surface area is 123 Å². The number of carbonyl (C=O) groups excluding carboxylic acids is 1. The van der Waals surface area contributed by atoms with E-state index in [1.807, 2.05) is 12.1 Å². The van der Waals surface area contributed by atoms with Crippen molar-refractivity contribution in [2.24, 2.45) is 0 Å². The van der Waals surface area contributed by atoms with Gasteiger partial charge in [-0.05, 0) is 51.3 Å². The number of hydrogen-bond donors (Lipinski definition) is 2. The quantitative estimate of drug-likeness (QED) is 0.796. The maximum Gasteiger partial charge on any atom is 0.225 e. The van der Waals surface area contributed by atoms with Gasteiger partial charge in [-0.15, -0.1) is 0 Å². The van der Waals surface area contributed by atoms with Crippen molar-refractivity contribution in [3.05, 3.63) is 29.8 Å². The van der Waals surface area contributed by atoms with Gasteiger partial charge in [0.25, 0.3) is 0 Å². The normalized spacial score (nSPS) is 11.4. The zero-order valence-electron chi connectivity index (χ0n) is 13.3. The molecule has 0 radical (unpaired) electrons. The molecule has 1 aromatic carbocycles. The average molecular weight is 276 g/mol. The highest BCUT2D eigenvalue weighted by atomic mass is 16.1. The van der Waals surface area contributed by atoms with E-state index in [4.69, 9.17) is 0 Å². The average Bonchev–Trinajstić information content (AvgIpc) is 2.36. The van der Waals surface area contributed by atoms with E-state index in [-0.39, 0.29) is 11.4 Å². The van der Waals surface area contributed by atoms with Crippen molar-refractivity contribution in [1.29, 1.82) is 0 Å². The second-order valence-electron chi connectivity index (χ2n) is 6.28. The van der Waals surface area contributed by atoms with Gasteiger partial charge in [-0.25, -0.2) is 0 Å². The number of rotatable bonds is 7. The lowest BCUT2D eigenvalue weighted by atomic mass is 10.1. The Morgan fingerprint density at radius 3 is 2.35 bits per heavy atom. The van der Waals surface area contributed by atoms with Crippen LogP contribution in [0.4, 0.5) is 5.69 Å². The molecule has 2 N–H and O–H groups in total. The maximum atomic E-state index is 11.8. The van der Waals surface area contributed by atoms with Crippen molar-refractivity contribution in [2.45, 2.75) is 58.9 Å². The van der Waals surface area contributed by atoms with Crippen LogP contribution in [0.15, 0.2) is 24.3 Å². The predicted molar refractivity (Wildman–Crippen MR) is 86.1 cm³/mol. The number of carbonyl (C=O) groups is 1. The molecule has 0 saturated carbocycles. The predicted octanol–water partition coefficient (Wildman–Crippen LogP) is 3.75. The maximum absolute atomic E-state index is 11.8. The van der Waals surface area contributed by atoms with Gasteiger partial charge in [0.15, 0.2) is 0 Å². The van der Waals surface area contributed by atoms with Crippen LogP contribution in [-0.4, -0.2) is 18.0 Å². The Bertz CT molecular complexity index is 404. The fourth-order valence-electron chi connectivity index (χ4n) is 1.91. The molecule has 0 heterocycles. The van der Waals surface area contributed by atoms with Gasteiger partial charge in [-0.3, -0.25) is 4.79 Å². The fraction of sp³-hybridized carbons (Fsp3) is 0.588. The third-order valence-electron chi connectivity index (χ3n) is 3.06. The van der Waals surface area contributed by atoms with Crippen molar-refractivity contribution in [1.82, 2.24) is 5.32 Å². The number of anilines is 1. The number of amides is 1. The minimum atomic E-state index is 0.0568. The zero-order chi connectivity index (χ0) is 15.0. The first-order chi connectivity index (χ1) is 9.40. The van der Waals surface area contributed by atoms with E-state index in [1.54, 1.807) is 0 Å². The number of aryl methyl sites for hydroxylation is 1. The molecule has 112 valence electrons. The fourth-order valence-corrected chi connectivity index (χ4v) is 1.91. The summed E-state index contributed by atoms with van der Waals surface area (Å²) < 4.78 is 0. The molecular weight excluding hydrogens is 248 g/mol. The van der Waals surface area contributed by atoms with E-state index in [2.05, 4.69) is 50.5 Å². The monoisotopic (exact) mass is 276 g/mol. The summed E-state index contributed by atoms with van der Waals surface area (Å²) in [6.45, 7) is 9.18. The second-order valence-corrected chi connectivity index (χ2v) is 6.28. The first-order valence-corrected chi connectivity index (χ1v) is 7.54. The Kier molecular flexibility index (Phi) is 6.73. The first kappa shape index (κ1) is 16.7. The van der Waals surface area contributed by atoms with Crippen LogP contribution in [0.3, 0.4) is 0 Å². The highest BCUT2D eigenvalue weighted by Crippen LogP contribution is 2.12. The molecule has 0 aliphatic heterocycles. The Morgan fingerprint density at radius 1 is 1.15 bits per heavy atom. The molecule has 0 aromatic heterocycles. The van der Waals surface area contributed by atoms with Crippen molar-refractivity contribution in [3.63, 3.8) is 0 Å². The number of hydrogen-bond acceptors (Lipinski definition) is 2. The topological polar surface area (TPSA) is 41.1 Å². The lowest BCUT2D eigenvalue weighted by molar-refractivity contribution is -0.116. The summed E-state index contributed by atoms with van der Waals surface area (Å²) in [5.74, 6) is 0.0584. The van der Waals surface area contributed by atoms with E-state index in [1.165, 1.54) is 18.4 Å². The van der Waals surface area contributed by atoms with Crippen LogP contribution in [0.1, 0.15) is 52.5 Å². The van der Waals surface area contributed by atoms with Crippen molar-refractivity contribution < 1.29 is 4.79 Å². The van der Waals surface area contributed by atoms with E-state index in [9.17, 15) is 4.79 Å². The minimum Gasteiger partial charge on any atom is -0.326 e. The largest absolute Gasteiger partial charge is 0.326 e. The highest BCUT2D eigenvalue weighted by molar-refractivity contribution is 5.90. The third-order valence-corrected chi connectivity index (χ3v) is 3.06.